The summed E-state index contributed by atoms with van der Waals surface area (Å²) >= 11 is -0.986. The molecule has 0 saturated carbocycles. The summed E-state index contributed by atoms with van der Waals surface area (Å²) < 4.78 is 14.7. The number of allylic oxidation sites excluding steroid dienone is 1. The van der Waals surface area contributed by atoms with Crippen molar-refractivity contribution in [3.8, 4) is 0 Å². The molecule has 1 aromatic carbocycles. The first-order chi connectivity index (χ1) is 10.5. The Morgan fingerprint density at radius 2 is 2.14 bits per heavy atom. The number of nitrogens with zero attached hydrogens (tertiary/aromatic N) is 1. The third-order valence-corrected chi connectivity index (χ3v) is 5.47. The van der Waals surface area contributed by atoms with Crippen LogP contribution in [0.25, 0.3) is 0 Å². The molecule has 0 radical (unpaired) electrons. The highest BCUT2D eigenvalue weighted by Crippen LogP contribution is 2.32. The third kappa shape index (κ3) is 2.51. The molecule has 114 valence electrons. The van der Waals surface area contributed by atoms with Gasteiger partial charge in [-0.05, 0) is 45.4 Å². The van der Waals surface area contributed by atoms with Gasteiger partial charge in [0.25, 0.3) is 5.91 Å². The van der Waals surface area contributed by atoms with Crippen LogP contribution in [0.3, 0.4) is 0 Å². The fraction of sp³-hybridized carbons (Fsp3) is 0.188. The minimum Gasteiger partial charge on any atom is -0.507 e. The predicted molar refractivity (Wildman–Crippen MR) is 89.7 cm³/mol. The number of hydrogen-bond donors (Lipinski definition) is 1. The number of rotatable bonds is 3. The number of fused-ring (bicyclic) bond motifs is 1. The number of hydrogen-bond acceptors (Lipinski definition) is 3. The van der Waals surface area contributed by atoms with E-state index in [0.717, 1.165) is 5.56 Å². The Kier molecular flexibility index (Phi) is 3.94. The monoisotopic (exact) mass is 413 g/mol. The van der Waals surface area contributed by atoms with Gasteiger partial charge in [0.15, 0.2) is 9.55 Å². The van der Waals surface area contributed by atoms with Crippen molar-refractivity contribution in [3.63, 3.8) is 0 Å². The van der Waals surface area contributed by atoms with E-state index in [0.29, 0.717) is 5.56 Å². The number of benzene rings is 1. The van der Waals surface area contributed by atoms with E-state index in [2.05, 4.69) is 0 Å². The highest BCUT2D eigenvalue weighted by atomic mass is 127. The number of ketones is 1. The molecule has 1 N–H and O–H groups in total. The van der Waals surface area contributed by atoms with Crippen molar-refractivity contribution in [3.05, 3.63) is 56.9 Å². The molecule has 0 bridgehead atoms. The Morgan fingerprint density at radius 1 is 1.41 bits per heavy atom. The quantitative estimate of drug-likeness (QED) is 0.776. The number of aliphatic hydroxyl groups excluding tert-OH is 1. The van der Waals surface area contributed by atoms with Crippen LogP contribution in [0.1, 0.15) is 22.8 Å². The van der Waals surface area contributed by atoms with Crippen molar-refractivity contribution in [2.24, 2.45) is 0 Å². The van der Waals surface area contributed by atoms with E-state index >= 15 is 0 Å². The number of aliphatic hydroxyl groups is 1. The van der Waals surface area contributed by atoms with Crippen LogP contribution in [0.5, 0.6) is 0 Å². The van der Waals surface area contributed by atoms with Gasteiger partial charge in [0.05, 0.1) is 0 Å². The predicted octanol–water partition coefficient (Wildman–Crippen LogP) is 3.01. The molecule has 0 aliphatic carbocycles. The summed E-state index contributed by atoms with van der Waals surface area (Å²) in [5.74, 6) is -0.677. The maximum atomic E-state index is 13.6. The van der Waals surface area contributed by atoms with Gasteiger partial charge < -0.3 is 10.0 Å². The molecule has 22 heavy (non-hydrogen) atoms. The lowest BCUT2D eigenvalue weighted by Gasteiger charge is -2.28. The molecule has 0 aromatic heterocycles. The second-order valence-corrected chi connectivity index (χ2v) is 7.37. The Labute approximate surface area is 136 Å². The van der Waals surface area contributed by atoms with Crippen LogP contribution in [-0.4, -0.2) is 31.5 Å². The molecule has 0 spiro atoms. The lowest BCUT2D eigenvalue weighted by molar-refractivity contribution is -0.120. The number of carbonyl (C=O) groups excluding carboxylic acids is 2. The first-order valence-electron chi connectivity index (χ1n) is 6.65. The molecular weight excluding hydrogens is 400 g/mol. The van der Waals surface area contributed by atoms with Crippen LogP contribution < -0.4 is 0 Å². The van der Waals surface area contributed by atoms with E-state index in [4.69, 9.17) is 0 Å². The molecule has 1 atom stereocenters. The van der Waals surface area contributed by atoms with Gasteiger partial charge in [0.1, 0.15) is 11.8 Å². The van der Waals surface area contributed by atoms with Crippen molar-refractivity contribution in [1.82, 2.24) is 4.90 Å². The fourth-order valence-electron chi connectivity index (χ4n) is 2.70. The van der Waals surface area contributed by atoms with Crippen LogP contribution in [0.15, 0.2) is 45.8 Å². The van der Waals surface area contributed by atoms with Crippen molar-refractivity contribution >= 4 is 36.2 Å². The maximum absolute atomic E-state index is 13.6. The Bertz CT molecular complexity index is 766. The number of Topliss-reactive ketones (excluding diaryl/α,β-unsaturated/α-hetero) is 1. The largest absolute Gasteiger partial charge is 0.507 e. The zero-order chi connectivity index (χ0) is 15.9. The van der Waals surface area contributed by atoms with Gasteiger partial charge in [-0.3, -0.25) is 9.59 Å². The van der Waals surface area contributed by atoms with Crippen molar-refractivity contribution in [1.29, 1.82) is 0 Å². The second kappa shape index (κ2) is 5.75. The maximum Gasteiger partial charge on any atom is 0.255 e. The van der Waals surface area contributed by atoms with Crippen LogP contribution in [0, 0.1) is 0 Å². The summed E-state index contributed by atoms with van der Waals surface area (Å²) in [4.78, 5) is 26.0. The molecule has 6 heteroatoms. The number of halogens is 2. The Balaban J connectivity index is 2.02. The van der Waals surface area contributed by atoms with Crippen LogP contribution in [0.4, 0.5) is 4.39 Å². The Hall–Kier alpha value is -1.83. The average molecular weight is 413 g/mol. The zero-order valence-electron chi connectivity index (χ0n) is 11.7. The van der Waals surface area contributed by atoms with Crippen LogP contribution >= 0.6 is 20.7 Å². The summed E-state index contributed by atoms with van der Waals surface area (Å²) in [5, 5.41) is 10.0. The molecular formula is C16H13FINO3. The molecule has 4 nitrogen and oxygen atoms in total. The minimum atomic E-state index is -0.986. The minimum absolute atomic E-state index is 0.0989. The van der Waals surface area contributed by atoms with E-state index in [-0.39, 0.29) is 33.3 Å². The van der Waals surface area contributed by atoms with Crippen LogP contribution in [-0.2, 0) is 11.3 Å². The zero-order valence-corrected chi connectivity index (χ0v) is 13.9. The first-order valence-corrected chi connectivity index (χ1v) is 8.97. The van der Waals surface area contributed by atoms with Crippen LogP contribution in [0.2, 0.25) is 0 Å². The van der Waals surface area contributed by atoms with Crippen molar-refractivity contribution in [2.75, 3.05) is 0 Å². The molecule has 2 aliphatic rings. The first kappa shape index (κ1) is 15.1. The van der Waals surface area contributed by atoms with E-state index in [1.807, 2.05) is 12.1 Å². The summed E-state index contributed by atoms with van der Waals surface area (Å²) in [6.07, 6.45) is 1.20. The van der Waals surface area contributed by atoms with Gasteiger partial charge in [-0.25, -0.2) is 4.39 Å². The molecule has 3 rings (SSSR count). The van der Waals surface area contributed by atoms with Gasteiger partial charge in [-0.15, -0.1) is 0 Å². The number of carbonyl (C=O) groups is 2. The summed E-state index contributed by atoms with van der Waals surface area (Å²) in [6.45, 7) is 1.62. The third-order valence-electron chi connectivity index (χ3n) is 3.66. The summed E-state index contributed by atoms with van der Waals surface area (Å²) in [6, 6.07) is 6.16. The highest BCUT2D eigenvalue weighted by Gasteiger charge is 2.38. The smallest absolute Gasteiger partial charge is 0.255 e. The molecule has 1 amide bonds. The number of amides is 1. The normalized spacial score (nSPS) is 18.7. The summed E-state index contributed by atoms with van der Waals surface area (Å²) in [5.41, 5.74) is 1.54. The summed E-state index contributed by atoms with van der Waals surface area (Å²) in [7, 11) is 0. The van der Waals surface area contributed by atoms with Crippen molar-refractivity contribution < 1.29 is 19.1 Å². The van der Waals surface area contributed by atoms with E-state index in [1.165, 1.54) is 22.0 Å². The molecule has 0 saturated heterocycles. The molecule has 2 heterocycles. The molecule has 1 unspecified atom stereocenters. The van der Waals surface area contributed by atoms with E-state index in [1.54, 1.807) is 12.1 Å². The van der Waals surface area contributed by atoms with E-state index in [9.17, 15) is 19.1 Å². The van der Waals surface area contributed by atoms with E-state index < -0.39 is 26.8 Å². The second-order valence-electron chi connectivity index (χ2n) is 5.10. The molecule has 2 aliphatic heterocycles. The lowest BCUT2D eigenvalue weighted by Crippen LogP contribution is -2.42. The fourth-order valence-corrected chi connectivity index (χ4v) is 4.17. The highest BCUT2D eigenvalue weighted by molar-refractivity contribution is 14.2. The van der Waals surface area contributed by atoms with Gasteiger partial charge >= 0.3 is 0 Å². The SMILES string of the molecule is CC(=O)C(C1=CC(F)=IC=C1O)N1Cc2ccccc2C1=O. The van der Waals surface area contributed by atoms with Gasteiger partial charge in [-0.1, -0.05) is 18.2 Å². The van der Waals surface area contributed by atoms with Gasteiger partial charge in [0.2, 0.25) is 0 Å². The van der Waals surface area contributed by atoms with Gasteiger partial charge in [0, 0.05) is 21.8 Å². The molecule has 0 fully saturated rings. The topological polar surface area (TPSA) is 57.6 Å². The van der Waals surface area contributed by atoms with Crippen molar-refractivity contribution in [2.45, 2.75) is 19.5 Å². The standard InChI is InChI=1S/C16H13FINO3/c1-9(20)15(12-6-14(17)18-7-13(12)21)19-8-10-4-2-3-5-11(10)16(19)22/h2-7,15,21H,8H2,1H3. The molecule has 1 aromatic rings. The average Bonchev–Trinajstić information content (AvgIpc) is 2.80. The Morgan fingerprint density at radius 3 is 2.82 bits per heavy atom. The lowest BCUT2D eigenvalue weighted by atomic mass is 10.00. The van der Waals surface area contributed by atoms with Gasteiger partial charge in [-0.2, -0.15) is 0 Å².